The maximum Gasteiger partial charge on any atom is 0.219 e. The molecule has 0 N–H and O–H groups in total. The number of hydrogen-bond acceptors (Lipinski definition) is 5. The van der Waals surface area contributed by atoms with Crippen LogP contribution in [-0.4, -0.2) is 25.3 Å². The fourth-order valence-electron chi connectivity index (χ4n) is 1.70. The van der Waals surface area contributed by atoms with Crippen LogP contribution in [-0.2, 0) is 14.3 Å². The summed E-state index contributed by atoms with van der Waals surface area (Å²) >= 11 is 0. The Bertz CT molecular complexity index is 520. The van der Waals surface area contributed by atoms with Gasteiger partial charge < -0.3 is 9.47 Å². The molecule has 1 rings (SSSR count). The Hall–Kier alpha value is -2.21. The summed E-state index contributed by atoms with van der Waals surface area (Å²) in [6.45, 7) is 4.15. The van der Waals surface area contributed by atoms with Gasteiger partial charge in [-0.1, -0.05) is 12.1 Å². The van der Waals surface area contributed by atoms with E-state index in [1.165, 1.54) is 0 Å². The van der Waals surface area contributed by atoms with E-state index in [1.54, 1.807) is 38.1 Å². The molecule has 1 aromatic rings. The van der Waals surface area contributed by atoms with Gasteiger partial charge in [-0.3, -0.25) is 4.79 Å². The molecule has 0 aliphatic carbocycles. The zero-order valence-electron chi connectivity index (χ0n) is 11.5. The largest absolute Gasteiger partial charge is 0.346 e. The molecule has 1 aromatic carbocycles. The Labute approximate surface area is 118 Å². The summed E-state index contributed by atoms with van der Waals surface area (Å²) in [5.74, 6) is -1.40. The Morgan fingerprint density at radius 3 is 2.10 bits per heavy atom. The first-order valence-corrected chi connectivity index (χ1v) is 6.34. The molecule has 0 aromatic heterocycles. The first-order valence-electron chi connectivity index (χ1n) is 6.34. The summed E-state index contributed by atoms with van der Waals surface area (Å²) in [5.41, 5.74) is 1.00. The van der Waals surface area contributed by atoms with Crippen LogP contribution in [0.2, 0.25) is 0 Å². The molecule has 0 amide bonds. The first-order chi connectivity index (χ1) is 9.67. The predicted octanol–water partition coefficient (Wildman–Crippen LogP) is 2.13. The Balaban J connectivity index is 2.96. The number of hydrogen-bond donors (Lipinski definition) is 0. The molecule has 1 atom stereocenters. The number of ether oxygens (including phenoxy) is 2. The minimum atomic E-state index is -1.04. The molecule has 0 spiro atoms. The maximum absolute atomic E-state index is 12.3. The van der Waals surface area contributed by atoms with Gasteiger partial charge in [-0.05, 0) is 31.5 Å². The SMILES string of the molecule is CCOC(OCC)C(=O)C(C#N)c1ccc(C#N)cc1. The highest BCUT2D eigenvalue weighted by atomic mass is 16.7. The van der Waals surface area contributed by atoms with E-state index >= 15 is 0 Å². The van der Waals surface area contributed by atoms with Crippen molar-refractivity contribution in [3.05, 3.63) is 35.4 Å². The number of benzene rings is 1. The third-order valence-electron chi connectivity index (χ3n) is 2.66. The summed E-state index contributed by atoms with van der Waals surface area (Å²) in [7, 11) is 0. The zero-order chi connectivity index (χ0) is 15.0. The zero-order valence-corrected chi connectivity index (χ0v) is 11.5. The van der Waals surface area contributed by atoms with Crippen LogP contribution in [0.3, 0.4) is 0 Å². The Kier molecular flexibility index (Phi) is 6.39. The summed E-state index contributed by atoms with van der Waals surface area (Å²) in [5, 5.41) is 18.0. The van der Waals surface area contributed by atoms with Crippen LogP contribution in [0.5, 0.6) is 0 Å². The monoisotopic (exact) mass is 272 g/mol. The van der Waals surface area contributed by atoms with E-state index in [0.717, 1.165) is 0 Å². The van der Waals surface area contributed by atoms with Crippen molar-refractivity contribution in [2.24, 2.45) is 0 Å². The van der Waals surface area contributed by atoms with Crippen LogP contribution in [0.25, 0.3) is 0 Å². The maximum atomic E-state index is 12.3. The Morgan fingerprint density at radius 2 is 1.70 bits per heavy atom. The number of Topliss-reactive ketones (excluding diaryl/α,β-unsaturated/α-hetero) is 1. The summed E-state index contributed by atoms with van der Waals surface area (Å²) < 4.78 is 10.4. The number of rotatable bonds is 7. The molecule has 0 bridgehead atoms. The molecule has 0 aliphatic heterocycles. The second kappa shape index (κ2) is 8.06. The topological polar surface area (TPSA) is 83.1 Å². The molecule has 0 saturated carbocycles. The summed E-state index contributed by atoms with van der Waals surface area (Å²) in [4.78, 5) is 12.3. The molecule has 20 heavy (non-hydrogen) atoms. The fourth-order valence-corrected chi connectivity index (χ4v) is 1.70. The van der Waals surface area contributed by atoms with Crippen molar-refractivity contribution < 1.29 is 14.3 Å². The first kappa shape index (κ1) is 15.8. The van der Waals surface area contributed by atoms with Crippen molar-refractivity contribution in [1.82, 2.24) is 0 Å². The van der Waals surface area contributed by atoms with Gasteiger partial charge in [0.05, 0.1) is 17.7 Å². The van der Waals surface area contributed by atoms with E-state index in [1.807, 2.05) is 12.1 Å². The van der Waals surface area contributed by atoms with Gasteiger partial charge in [0.15, 0.2) is 0 Å². The lowest BCUT2D eigenvalue weighted by atomic mass is 9.95. The number of ketones is 1. The average molecular weight is 272 g/mol. The van der Waals surface area contributed by atoms with Crippen molar-refractivity contribution in [1.29, 1.82) is 10.5 Å². The van der Waals surface area contributed by atoms with Crippen LogP contribution in [0.15, 0.2) is 24.3 Å². The average Bonchev–Trinajstić information content (AvgIpc) is 2.48. The quantitative estimate of drug-likeness (QED) is 0.710. The number of carbonyl (C=O) groups excluding carboxylic acids is 1. The van der Waals surface area contributed by atoms with Crippen molar-refractivity contribution in [3.8, 4) is 12.1 Å². The summed E-state index contributed by atoms with van der Waals surface area (Å²) in [6.07, 6.45) is -1.04. The standard InChI is InChI=1S/C15H16N2O3/c1-3-19-15(20-4-2)14(18)13(10-17)12-7-5-11(9-16)6-8-12/h5-8,13,15H,3-4H2,1-2H3. The van der Waals surface area contributed by atoms with Gasteiger partial charge in [-0.25, -0.2) is 0 Å². The van der Waals surface area contributed by atoms with Crippen molar-refractivity contribution in [2.75, 3.05) is 13.2 Å². The second-order valence-electron chi connectivity index (χ2n) is 3.94. The van der Waals surface area contributed by atoms with E-state index in [-0.39, 0.29) is 0 Å². The molecular weight excluding hydrogens is 256 g/mol. The number of nitrogens with zero attached hydrogens (tertiary/aromatic N) is 2. The molecule has 0 fully saturated rings. The summed E-state index contributed by atoms with van der Waals surface area (Å²) in [6, 6.07) is 10.3. The lowest BCUT2D eigenvalue weighted by Crippen LogP contribution is -2.31. The third kappa shape index (κ3) is 3.89. The van der Waals surface area contributed by atoms with Gasteiger partial charge in [-0.15, -0.1) is 0 Å². The second-order valence-corrected chi connectivity index (χ2v) is 3.94. The molecule has 1 unspecified atom stereocenters. The fraction of sp³-hybridized carbons (Fsp3) is 0.400. The van der Waals surface area contributed by atoms with Gasteiger partial charge in [0.1, 0.15) is 5.92 Å². The third-order valence-corrected chi connectivity index (χ3v) is 2.66. The van der Waals surface area contributed by atoms with Gasteiger partial charge in [-0.2, -0.15) is 10.5 Å². The normalized spacial score (nSPS) is 11.7. The minimum absolute atomic E-state index is 0.321. The van der Waals surface area contributed by atoms with E-state index in [2.05, 4.69) is 0 Å². The smallest absolute Gasteiger partial charge is 0.219 e. The van der Waals surface area contributed by atoms with Crippen LogP contribution in [0, 0.1) is 22.7 Å². The molecule has 0 aliphatic rings. The van der Waals surface area contributed by atoms with Gasteiger partial charge in [0.2, 0.25) is 12.1 Å². The van der Waals surface area contributed by atoms with E-state index in [4.69, 9.17) is 14.7 Å². The van der Waals surface area contributed by atoms with Gasteiger partial charge >= 0.3 is 0 Å². The number of nitriles is 2. The molecule has 5 heteroatoms. The lowest BCUT2D eigenvalue weighted by molar-refractivity contribution is -0.168. The highest BCUT2D eigenvalue weighted by Crippen LogP contribution is 2.20. The van der Waals surface area contributed by atoms with E-state index < -0.39 is 18.0 Å². The van der Waals surface area contributed by atoms with Gasteiger partial charge in [0, 0.05) is 13.2 Å². The molecule has 5 nitrogen and oxygen atoms in total. The van der Waals surface area contributed by atoms with Crippen molar-refractivity contribution in [2.45, 2.75) is 26.1 Å². The van der Waals surface area contributed by atoms with Crippen LogP contribution < -0.4 is 0 Å². The predicted molar refractivity (Wildman–Crippen MR) is 71.6 cm³/mol. The molecule has 0 radical (unpaired) electrons. The van der Waals surface area contributed by atoms with E-state index in [0.29, 0.717) is 24.3 Å². The molecule has 0 saturated heterocycles. The molecule has 0 heterocycles. The molecular formula is C15H16N2O3. The highest BCUT2D eigenvalue weighted by molar-refractivity contribution is 5.91. The Morgan fingerprint density at radius 1 is 1.15 bits per heavy atom. The van der Waals surface area contributed by atoms with Crippen LogP contribution >= 0.6 is 0 Å². The van der Waals surface area contributed by atoms with Crippen LogP contribution in [0.1, 0.15) is 30.9 Å². The minimum Gasteiger partial charge on any atom is -0.346 e. The van der Waals surface area contributed by atoms with Crippen LogP contribution in [0.4, 0.5) is 0 Å². The highest BCUT2D eigenvalue weighted by Gasteiger charge is 2.29. The van der Waals surface area contributed by atoms with E-state index in [9.17, 15) is 10.1 Å². The number of carbonyl (C=O) groups is 1. The van der Waals surface area contributed by atoms with Gasteiger partial charge in [0.25, 0.3) is 0 Å². The molecule has 104 valence electrons. The lowest BCUT2D eigenvalue weighted by Gasteiger charge is -2.18. The van der Waals surface area contributed by atoms with Crippen molar-refractivity contribution >= 4 is 5.78 Å². The van der Waals surface area contributed by atoms with Crippen molar-refractivity contribution in [3.63, 3.8) is 0 Å².